The van der Waals surface area contributed by atoms with E-state index in [2.05, 4.69) is 24.0 Å². The number of amides is 1. The zero-order valence-corrected chi connectivity index (χ0v) is 14.1. The van der Waals surface area contributed by atoms with Crippen molar-refractivity contribution in [3.05, 3.63) is 35.4 Å². The predicted octanol–water partition coefficient (Wildman–Crippen LogP) is 2.24. The summed E-state index contributed by atoms with van der Waals surface area (Å²) in [6.07, 6.45) is 3.76. The monoisotopic (exact) mass is 303 g/mol. The van der Waals surface area contributed by atoms with E-state index in [0.29, 0.717) is 31.2 Å². The van der Waals surface area contributed by atoms with Gasteiger partial charge in [-0.3, -0.25) is 14.2 Å². The van der Waals surface area contributed by atoms with Crippen LogP contribution >= 0.6 is 0 Å². The fourth-order valence-corrected chi connectivity index (χ4v) is 2.55. The van der Waals surface area contributed by atoms with Crippen molar-refractivity contribution in [1.29, 1.82) is 0 Å². The summed E-state index contributed by atoms with van der Waals surface area (Å²) >= 11 is 0. The van der Waals surface area contributed by atoms with Crippen LogP contribution in [0.4, 0.5) is 0 Å². The average molecular weight is 303 g/mol. The summed E-state index contributed by atoms with van der Waals surface area (Å²) in [5, 5.41) is 8.56. The standard InChI is InChI=1S/C16H25N5O/c1-6-21-15(7-13(4)18-21)16(22)20(9-12(2)3)11-14-8-17-19(5)10-14/h7-8,10,12H,6,9,11H2,1-5H3. The molecule has 0 spiro atoms. The average Bonchev–Trinajstić information content (AvgIpc) is 3.02. The Kier molecular flexibility index (Phi) is 5.00. The van der Waals surface area contributed by atoms with E-state index in [9.17, 15) is 4.79 Å². The van der Waals surface area contributed by atoms with E-state index in [1.54, 1.807) is 9.36 Å². The van der Waals surface area contributed by atoms with Crippen LogP contribution in [0.3, 0.4) is 0 Å². The molecule has 0 unspecified atom stereocenters. The van der Waals surface area contributed by atoms with Crippen LogP contribution in [0.25, 0.3) is 0 Å². The SMILES string of the molecule is CCn1nc(C)cc1C(=O)N(Cc1cnn(C)c1)CC(C)C. The van der Waals surface area contributed by atoms with Gasteiger partial charge in [-0.25, -0.2) is 0 Å². The predicted molar refractivity (Wildman–Crippen MR) is 85.4 cm³/mol. The van der Waals surface area contributed by atoms with Gasteiger partial charge in [-0.1, -0.05) is 13.8 Å². The topological polar surface area (TPSA) is 56.0 Å². The van der Waals surface area contributed by atoms with Crippen molar-refractivity contribution in [3.63, 3.8) is 0 Å². The van der Waals surface area contributed by atoms with E-state index in [1.165, 1.54) is 0 Å². The van der Waals surface area contributed by atoms with Gasteiger partial charge in [-0.05, 0) is 25.8 Å². The second-order valence-corrected chi connectivity index (χ2v) is 6.09. The molecule has 0 fully saturated rings. The molecule has 0 N–H and O–H groups in total. The molecule has 6 nitrogen and oxygen atoms in total. The first kappa shape index (κ1) is 16.3. The Hall–Kier alpha value is -2.11. The van der Waals surface area contributed by atoms with Crippen molar-refractivity contribution in [2.75, 3.05) is 6.54 Å². The molecule has 120 valence electrons. The van der Waals surface area contributed by atoms with Gasteiger partial charge in [0.05, 0.1) is 11.9 Å². The van der Waals surface area contributed by atoms with Crippen molar-refractivity contribution in [2.45, 2.75) is 40.8 Å². The molecule has 0 aromatic carbocycles. The highest BCUT2D eigenvalue weighted by Gasteiger charge is 2.21. The van der Waals surface area contributed by atoms with Crippen LogP contribution in [-0.4, -0.2) is 36.9 Å². The summed E-state index contributed by atoms with van der Waals surface area (Å²) < 4.78 is 3.53. The Balaban J connectivity index is 2.25. The lowest BCUT2D eigenvalue weighted by Crippen LogP contribution is -2.35. The molecule has 2 aromatic rings. The van der Waals surface area contributed by atoms with Crippen molar-refractivity contribution in [3.8, 4) is 0 Å². The van der Waals surface area contributed by atoms with Gasteiger partial charge < -0.3 is 4.90 Å². The third kappa shape index (κ3) is 3.75. The normalized spacial score (nSPS) is 11.2. The molecule has 0 aliphatic carbocycles. The van der Waals surface area contributed by atoms with E-state index in [-0.39, 0.29) is 5.91 Å². The first-order valence-electron chi connectivity index (χ1n) is 7.72. The first-order valence-corrected chi connectivity index (χ1v) is 7.72. The van der Waals surface area contributed by atoms with Gasteiger partial charge in [0.15, 0.2) is 0 Å². The Morgan fingerprint density at radius 3 is 2.68 bits per heavy atom. The maximum atomic E-state index is 12.9. The molecular weight excluding hydrogens is 278 g/mol. The van der Waals surface area contributed by atoms with E-state index in [4.69, 9.17) is 0 Å². The summed E-state index contributed by atoms with van der Waals surface area (Å²) in [6, 6.07) is 1.86. The van der Waals surface area contributed by atoms with Crippen LogP contribution in [0, 0.1) is 12.8 Å². The summed E-state index contributed by atoms with van der Waals surface area (Å²) in [5.41, 5.74) is 2.57. The van der Waals surface area contributed by atoms with Gasteiger partial charge in [-0.2, -0.15) is 10.2 Å². The van der Waals surface area contributed by atoms with Crippen molar-refractivity contribution >= 4 is 5.91 Å². The molecule has 0 atom stereocenters. The maximum Gasteiger partial charge on any atom is 0.272 e. The number of aromatic nitrogens is 4. The molecule has 1 amide bonds. The minimum atomic E-state index is 0.0278. The quantitative estimate of drug-likeness (QED) is 0.822. The number of carbonyl (C=O) groups excluding carboxylic acids is 1. The number of carbonyl (C=O) groups is 1. The highest BCUT2D eigenvalue weighted by atomic mass is 16.2. The molecule has 2 aromatic heterocycles. The summed E-state index contributed by atoms with van der Waals surface area (Å²) in [6.45, 7) is 10.1. The Labute approximate surface area is 131 Å². The lowest BCUT2D eigenvalue weighted by atomic mass is 10.2. The fraction of sp³-hybridized carbons (Fsp3) is 0.562. The molecular formula is C16H25N5O. The third-order valence-corrected chi connectivity index (χ3v) is 3.43. The molecule has 0 radical (unpaired) electrons. The van der Waals surface area contributed by atoms with E-state index in [1.807, 2.05) is 44.3 Å². The minimum absolute atomic E-state index is 0.0278. The lowest BCUT2D eigenvalue weighted by Gasteiger charge is -2.24. The second kappa shape index (κ2) is 6.77. The highest BCUT2D eigenvalue weighted by Crippen LogP contribution is 2.13. The maximum absolute atomic E-state index is 12.9. The van der Waals surface area contributed by atoms with Crippen LogP contribution in [0.1, 0.15) is 42.5 Å². The smallest absolute Gasteiger partial charge is 0.272 e. The molecule has 6 heteroatoms. The van der Waals surface area contributed by atoms with Gasteiger partial charge in [0.2, 0.25) is 0 Å². The van der Waals surface area contributed by atoms with Crippen LogP contribution in [0.5, 0.6) is 0 Å². The van der Waals surface area contributed by atoms with Gasteiger partial charge in [0.25, 0.3) is 5.91 Å². The van der Waals surface area contributed by atoms with Gasteiger partial charge in [-0.15, -0.1) is 0 Å². The molecule has 0 saturated heterocycles. The molecule has 2 heterocycles. The van der Waals surface area contributed by atoms with Gasteiger partial charge in [0, 0.05) is 38.4 Å². The van der Waals surface area contributed by atoms with Crippen LogP contribution in [-0.2, 0) is 20.1 Å². The lowest BCUT2D eigenvalue weighted by molar-refractivity contribution is 0.0710. The zero-order valence-electron chi connectivity index (χ0n) is 14.1. The summed E-state index contributed by atoms with van der Waals surface area (Å²) in [7, 11) is 1.88. The second-order valence-electron chi connectivity index (χ2n) is 6.09. The molecule has 0 aliphatic heterocycles. The van der Waals surface area contributed by atoms with E-state index < -0.39 is 0 Å². The van der Waals surface area contributed by atoms with Crippen LogP contribution in [0.15, 0.2) is 18.5 Å². The molecule has 0 aliphatic rings. The largest absolute Gasteiger partial charge is 0.333 e. The minimum Gasteiger partial charge on any atom is -0.333 e. The summed E-state index contributed by atoms with van der Waals surface area (Å²) in [5.74, 6) is 0.430. The Morgan fingerprint density at radius 2 is 2.14 bits per heavy atom. The zero-order chi connectivity index (χ0) is 16.3. The van der Waals surface area contributed by atoms with Crippen molar-refractivity contribution < 1.29 is 4.79 Å². The van der Waals surface area contributed by atoms with E-state index >= 15 is 0 Å². The van der Waals surface area contributed by atoms with Gasteiger partial charge in [0.1, 0.15) is 5.69 Å². The number of nitrogens with zero attached hydrogens (tertiary/aromatic N) is 5. The summed E-state index contributed by atoms with van der Waals surface area (Å²) in [4.78, 5) is 14.8. The molecule has 2 rings (SSSR count). The first-order chi connectivity index (χ1) is 10.4. The molecule has 0 saturated carbocycles. The van der Waals surface area contributed by atoms with Crippen LogP contribution in [0.2, 0.25) is 0 Å². The number of rotatable bonds is 6. The van der Waals surface area contributed by atoms with Crippen molar-refractivity contribution in [1.82, 2.24) is 24.5 Å². The Bertz CT molecular complexity index is 641. The fourth-order valence-electron chi connectivity index (χ4n) is 2.55. The molecule has 0 bridgehead atoms. The van der Waals surface area contributed by atoms with Crippen molar-refractivity contribution in [2.24, 2.45) is 13.0 Å². The third-order valence-electron chi connectivity index (χ3n) is 3.43. The number of hydrogen-bond acceptors (Lipinski definition) is 3. The van der Waals surface area contributed by atoms with E-state index in [0.717, 1.165) is 11.3 Å². The van der Waals surface area contributed by atoms with Gasteiger partial charge >= 0.3 is 0 Å². The Morgan fingerprint density at radius 1 is 1.41 bits per heavy atom. The number of hydrogen-bond donors (Lipinski definition) is 0. The van der Waals surface area contributed by atoms with Crippen LogP contribution < -0.4 is 0 Å². The molecule has 22 heavy (non-hydrogen) atoms. The number of aryl methyl sites for hydroxylation is 3. The highest BCUT2D eigenvalue weighted by molar-refractivity contribution is 5.92.